The molecule has 88 valence electrons. The van der Waals surface area contributed by atoms with E-state index in [0.717, 1.165) is 5.69 Å². The SMILES string of the molecule is CCC(Nc1ccc(SC)cc1)C(=O)OC. The lowest BCUT2D eigenvalue weighted by Gasteiger charge is -2.15. The first kappa shape index (κ1) is 12.9. The number of benzene rings is 1. The van der Waals surface area contributed by atoms with Crippen LogP contribution >= 0.6 is 11.8 Å². The smallest absolute Gasteiger partial charge is 0.328 e. The molecule has 1 aromatic rings. The first-order valence-electron chi connectivity index (χ1n) is 5.19. The summed E-state index contributed by atoms with van der Waals surface area (Å²) in [4.78, 5) is 12.6. The summed E-state index contributed by atoms with van der Waals surface area (Å²) in [5, 5.41) is 3.15. The lowest BCUT2D eigenvalue weighted by atomic mass is 10.2. The fraction of sp³-hybridized carbons (Fsp3) is 0.417. The number of carbonyl (C=O) groups is 1. The van der Waals surface area contributed by atoms with E-state index < -0.39 is 0 Å². The fourth-order valence-electron chi connectivity index (χ4n) is 1.36. The van der Waals surface area contributed by atoms with E-state index in [4.69, 9.17) is 4.74 Å². The third-order valence-electron chi connectivity index (χ3n) is 2.32. The van der Waals surface area contributed by atoms with E-state index in [9.17, 15) is 4.79 Å². The largest absolute Gasteiger partial charge is 0.467 e. The van der Waals surface area contributed by atoms with Gasteiger partial charge >= 0.3 is 5.97 Å². The summed E-state index contributed by atoms with van der Waals surface area (Å²) < 4.78 is 4.71. The van der Waals surface area contributed by atoms with Gasteiger partial charge in [-0.3, -0.25) is 0 Å². The number of hydrogen-bond donors (Lipinski definition) is 1. The lowest BCUT2D eigenvalue weighted by Crippen LogP contribution is -2.29. The molecule has 1 aromatic carbocycles. The summed E-state index contributed by atoms with van der Waals surface area (Å²) in [6.45, 7) is 1.95. The second-order valence-corrected chi connectivity index (χ2v) is 4.24. The number of carbonyl (C=O) groups excluding carboxylic acids is 1. The second-order valence-electron chi connectivity index (χ2n) is 3.36. The quantitative estimate of drug-likeness (QED) is 0.633. The van der Waals surface area contributed by atoms with E-state index in [0.29, 0.717) is 6.42 Å². The maximum Gasteiger partial charge on any atom is 0.328 e. The minimum Gasteiger partial charge on any atom is -0.467 e. The van der Waals surface area contributed by atoms with Crippen molar-refractivity contribution in [3.63, 3.8) is 0 Å². The highest BCUT2D eigenvalue weighted by Crippen LogP contribution is 2.18. The molecule has 0 aliphatic heterocycles. The summed E-state index contributed by atoms with van der Waals surface area (Å²) in [7, 11) is 1.41. The van der Waals surface area contributed by atoms with Crippen LogP contribution in [0.4, 0.5) is 5.69 Å². The van der Waals surface area contributed by atoms with Gasteiger partial charge in [-0.1, -0.05) is 6.92 Å². The van der Waals surface area contributed by atoms with Crippen LogP contribution in [0.1, 0.15) is 13.3 Å². The Bertz CT molecular complexity index is 337. The van der Waals surface area contributed by atoms with Gasteiger partial charge in [0.1, 0.15) is 6.04 Å². The van der Waals surface area contributed by atoms with Crippen molar-refractivity contribution in [2.24, 2.45) is 0 Å². The molecule has 0 saturated heterocycles. The van der Waals surface area contributed by atoms with Gasteiger partial charge in [0, 0.05) is 10.6 Å². The highest BCUT2D eigenvalue weighted by molar-refractivity contribution is 7.98. The van der Waals surface area contributed by atoms with Gasteiger partial charge in [0.05, 0.1) is 7.11 Å². The molecule has 16 heavy (non-hydrogen) atoms. The minimum absolute atomic E-state index is 0.226. The molecule has 1 N–H and O–H groups in total. The van der Waals surface area contributed by atoms with Crippen molar-refractivity contribution in [2.75, 3.05) is 18.7 Å². The third-order valence-corrected chi connectivity index (χ3v) is 3.07. The molecule has 1 atom stereocenters. The van der Waals surface area contributed by atoms with Gasteiger partial charge in [-0.15, -0.1) is 11.8 Å². The van der Waals surface area contributed by atoms with Crippen LogP contribution in [0.2, 0.25) is 0 Å². The van der Waals surface area contributed by atoms with E-state index in [1.807, 2.05) is 37.4 Å². The summed E-state index contributed by atoms with van der Waals surface area (Å²) in [5.74, 6) is -0.226. The Balaban J connectivity index is 2.66. The van der Waals surface area contributed by atoms with Crippen LogP contribution in [0.25, 0.3) is 0 Å². The highest BCUT2D eigenvalue weighted by Gasteiger charge is 2.15. The van der Waals surface area contributed by atoms with Crippen LogP contribution in [0.5, 0.6) is 0 Å². The Labute approximate surface area is 101 Å². The van der Waals surface area contributed by atoms with Crippen molar-refractivity contribution >= 4 is 23.4 Å². The zero-order chi connectivity index (χ0) is 12.0. The number of hydrogen-bond acceptors (Lipinski definition) is 4. The fourth-order valence-corrected chi connectivity index (χ4v) is 1.77. The number of methoxy groups -OCH3 is 1. The molecule has 3 nitrogen and oxygen atoms in total. The molecule has 0 aromatic heterocycles. The molecule has 1 rings (SSSR count). The molecular formula is C12H17NO2S. The first-order chi connectivity index (χ1) is 7.71. The predicted molar refractivity (Wildman–Crippen MR) is 67.9 cm³/mol. The predicted octanol–water partition coefficient (Wildman–Crippen LogP) is 2.77. The Hall–Kier alpha value is -1.16. The Morgan fingerprint density at radius 2 is 2.06 bits per heavy atom. The monoisotopic (exact) mass is 239 g/mol. The molecule has 0 fully saturated rings. The molecule has 4 heteroatoms. The van der Waals surface area contributed by atoms with Crippen LogP contribution in [0.15, 0.2) is 29.2 Å². The van der Waals surface area contributed by atoms with Gasteiger partial charge < -0.3 is 10.1 Å². The summed E-state index contributed by atoms with van der Waals surface area (Å²) in [6, 6.07) is 7.72. The third kappa shape index (κ3) is 3.45. The molecule has 1 unspecified atom stereocenters. The van der Waals surface area contributed by atoms with Crippen molar-refractivity contribution in [1.29, 1.82) is 0 Å². The number of ether oxygens (including phenoxy) is 1. The summed E-state index contributed by atoms with van der Waals surface area (Å²) >= 11 is 1.69. The number of anilines is 1. The minimum atomic E-state index is -0.273. The zero-order valence-electron chi connectivity index (χ0n) is 9.82. The highest BCUT2D eigenvalue weighted by atomic mass is 32.2. The van der Waals surface area contributed by atoms with Gasteiger partial charge in [-0.25, -0.2) is 4.79 Å². The lowest BCUT2D eigenvalue weighted by molar-refractivity contribution is -0.141. The standard InChI is InChI=1S/C12H17NO2S/c1-4-11(12(14)15-2)13-9-5-7-10(16-3)8-6-9/h5-8,11,13H,4H2,1-3H3. The molecule has 0 bridgehead atoms. The molecule has 0 spiro atoms. The van der Waals surface area contributed by atoms with E-state index in [2.05, 4.69) is 5.32 Å². The molecule has 0 aliphatic carbocycles. The first-order valence-corrected chi connectivity index (χ1v) is 6.42. The average Bonchev–Trinajstić information content (AvgIpc) is 2.35. The molecular weight excluding hydrogens is 222 g/mol. The summed E-state index contributed by atoms with van der Waals surface area (Å²) in [5.41, 5.74) is 0.940. The normalized spacial score (nSPS) is 11.9. The maximum absolute atomic E-state index is 11.4. The van der Waals surface area contributed by atoms with Crippen LogP contribution in [0.3, 0.4) is 0 Å². The second kappa shape index (κ2) is 6.43. The maximum atomic E-state index is 11.4. The van der Waals surface area contributed by atoms with Crippen molar-refractivity contribution in [3.8, 4) is 0 Å². The van der Waals surface area contributed by atoms with Crippen LogP contribution in [-0.2, 0) is 9.53 Å². The zero-order valence-corrected chi connectivity index (χ0v) is 10.6. The Morgan fingerprint density at radius 3 is 2.50 bits per heavy atom. The number of rotatable bonds is 5. The Morgan fingerprint density at radius 1 is 1.44 bits per heavy atom. The van der Waals surface area contributed by atoms with Gasteiger partial charge in [-0.05, 0) is 36.9 Å². The van der Waals surface area contributed by atoms with Gasteiger partial charge in [0.2, 0.25) is 0 Å². The van der Waals surface area contributed by atoms with Crippen molar-refractivity contribution in [1.82, 2.24) is 0 Å². The molecule has 0 radical (unpaired) electrons. The van der Waals surface area contributed by atoms with Gasteiger partial charge in [0.25, 0.3) is 0 Å². The molecule has 0 amide bonds. The van der Waals surface area contributed by atoms with Gasteiger partial charge in [-0.2, -0.15) is 0 Å². The van der Waals surface area contributed by atoms with Crippen molar-refractivity contribution in [3.05, 3.63) is 24.3 Å². The van der Waals surface area contributed by atoms with E-state index in [-0.39, 0.29) is 12.0 Å². The van der Waals surface area contributed by atoms with Crippen LogP contribution in [0, 0.1) is 0 Å². The average molecular weight is 239 g/mol. The molecule has 0 heterocycles. The van der Waals surface area contributed by atoms with Crippen molar-refractivity contribution in [2.45, 2.75) is 24.3 Å². The number of thioether (sulfide) groups is 1. The van der Waals surface area contributed by atoms with Crippen LogP contribution in [-0.4, -0.2) is 25.4 Å². The van der Waals surface area contributed by atoms with Crippen molar-refractivity contribution < 1.29 is 9.53 Å². The Kier molecular flexibility index (Phi) is 5.19. The molecule has 0 saturated carbocycles. The molecule has 0 aliphatic rings. The summed E-state index contributed by atoms with van der Waals surface area (Å²) in [6.07, 6.45) is 2.74. The van der Waals surface area contributed by atoms with E-state index in [1.54, 1.807) is 11.8 Å². The topological polar surface area (TPSA) is 38.3 Å². The number of nitrogens with one attached hydrogen (secondary N) is 1. The van der Waals surface area contributed by atoms with E-state index >= 15 is 0 Å². The number of esters is 1. The van der Waals surface area contributed by atoms with Gasteiger partial charge in [0.15, 0.2) is 0 Å². The van der Waals surface area contributed by atoms with E-state index in [1.165, 1.54) is 12.0 Å². The van der Waals surface area contributed by atoms with Crippen LogP contribution < -0.4 is 5.32 Å².